The molecule has 0 saturated heterocycles. The van der Waals surface area contributed by atoms with Crippen LogP contribution in [-0.2, 0) is 5.41 Å². The Labute approximate surface area is 330 Å². The van der Waals surface area contributed by atoms with E-state index in [9.17, 15) is 0 Å². The van der Waals surface area contributed by atoms with Crippen molar-refractivity contribution in [2.24, 2.45) is 0 Å². The molecule has 2 aliphatic rings. The van der Waals surface area contributed by atoms with Crippen LogP contribution in [0.2, 0.25) is 0 Å². The van der Waals surface area contributed by atoms with Crippen molar-refractivity contribution in [1.29, 1.82) is 0 Å². The maximum Gasteiger partial charge on any atom is 0.0746 e. The number of rotatable bonds is 3. The van der Waals surface area contributed by atoms with Crippen molar-refractivity contribution in [3.63, 3.8) is 0 Å². The lowest BCUT2D eigenvalue weighted by molar-refractivity contribution is 0.797. The van der Waals surface area contributed by atoms with Crippen molar-refractivity contribution >= 4 is 43.6 Å². The van der Waals surface area contributed by atoms with Gasteiger partial charge in [0.2, 0.25) is 0 Å². The highest BCUT2D eigenvalue weighted by atomic mass is 15.0. The zero-order chi connectivity index (χ0) is 37.2. The molecule has 0 unspecified atom stereocenters. The second-order valence-electron chi connectivity index (χ2n) is 15.6. The minimum atomic E-state index is -0.458. The summed E-state index contributed by atoms with van der Waals surface area (Å²) in [5, 5.41) is 5.05. The van der Waals surface area contributed by atoms with E-state index in [1.54, 1.807) is 0 Å². The van der Waals surface area contributed by atoms with Gasteiger partial charge in [-0.15, -0.1) is 0 Å². The third-order valence-electron chi connectivity index (χ3n) is 12.9. The van der Waals surface area contributed by atoms with Gasteiger partial charge in [-0.25, -0.2) is 0 Å². The molecule has 13 rings (SSSR count). The van der Waals surface area contributed by atoms with Crippen LogP contribution >= 0.6 is 0 Å². The van der Waals surface area contributed by atoms with E-state index in [-0.39, 0.29) is 0 Å². The molecular weight excluding hydrogens is 689 g/mol. The number of aromatic nitrogens is 2. The van der Waals surface area contributed by atoms with Crippen molar-refractivity contribution < 1.29 is 0 Å². The summed E-state index contributed by atoms with van der Waals surface area (Å²) in [7, 11) is 0. The van der Waals surface area contributed by atoms with E-state index in [4.69, 9.17) is 0 Å². The van der Waals surface area contributed by atoms with Crippen LogP contribution in [0, 0.1) is 0 Å². The van der Waals surface area contributed by atoms with Crippen molar-refractivity contribution in [2.45, 2.75) is 5.41 Å². The molecule has 2 aliphatic carbocycles. The summed E-state index contributed by atoms with van der Waals surface area (Å²) in [5.41, 5.74) is 19.9. The number of hydrogen-bond donors (Lipinski definition) is 0. The maximum atomic E-state index is 2.54. The van der Waals surface area contributed by atoms with Crippen LogP contribution in [0.5, 0.6) is 0 Å². The molecule has 0 fully saturated rings. The minimum absolute atomic E-state index is 0.458. The standard InChI is InChI=1S/C55H34N2/c1-3-15-37(16-4-1)56-50-26-14-10-22-42(50)45-33-35(27-31-51(45)56)36-28-32-52-46(34-36)44-30-29-43-41-21-9-13-25-49(41)55(53(43)54(44)57(52)38-17-5-2-6-18-38)47-23-11-7-19-39(47)40-20-8-12-24-48(40)55/h1-34H. The first-order valence-electron chi connectivity index (χ1n) is 19.9. The molecule has 264 valence electrons. The summed E-state index contributed by atoms with van der Waals surface area (Å²) in [6.07, 6.45) is 0. The van der Waals surface area contributed by atoms with Gasteiger partial charge < -0.3 is 9.13 Å². The van der Waals surface area contributed by atoms with Gasteiger partial charge in [-0.1, -0.05) is 152 Å². The van der Waals surface area contributed by atoms with Gasteiger partial charge in [0.05, 0.1) is 27.5 Å². The van der Waals surface area contributed by atoms with Gasteiger partial charge in [0.1, 0.15) is 0 Å². The van der Waals surface area contributed by atoms with Gasteiger partial charge in [-0.05, 0) is 105 Å². The molecular formula is C55H34N2. The molecule has 0 saturated carbocycles. The quantitative estimate of drug-likeness (QED) is 0.172. The third kappa shape index (κ3) is 3.94. The van der Waals surface area contributed by atoms with Crippen molar-refractivity contribution in [3.8, 4) is 44.8 Å². The van der Waals surface area contributed by atoms with Crippen LogP contribution in [0.15, 0.2) is 206 Å². The topological polar surface area (TPSA) is 9.86 Å². The molecule has 1 spiro atoms. The van der Waals surface area contributed by atoms with Crippen LogP contribution in [0.1, 0.15) is 22.3 Å². The van der Waals surface area contributed by atoms with Crippen LogP contribution in [0.3, 0.4) is 0 Å². The predicted molar refractivity (Wildman–Crippen MR) is 237 cm³/mol. The SMILES string of the molecule is c1ccc(-n2c3ccccc3c3cc(-c4ccc5c(c4)c4ccc6c(c4n5-c4ccccc4)C4(c5ccccc5-c5ccccc54)c4ccccc4-6)ccc32)cc1. The summed E-state index contributed by atoms with van der Waals surface area (Å²) in [6, 6.07) is 76.7. The fourth-order valence-corrected chi connectivity index (χ4v) is 10.7. The van der Waals surface area contributed by atoms with Gasteiger partial charge in [0.25, 0.3) is 0 Å². The van der Waals surface area contributed by atoms with E-state index in [2.05, 4.69) is 215 Å². The van der Waals surface area contributed by atoms with Gasteiger partial charge in [-0.3, -0.25) is 0 Å². The fourth-order valence-electron chi connectivity index (χ4n) is 10.7. The van der Waals surface area contributed by atoms with E-state index in [0.717, 1.165) is 0 Å². The lowest BCUT2D eigenvalue weighted by Gasteiger charge is -2.31. The van der Waals surface area contributed by atoms with E-state index in [0.29, 0.717) is 0 Å². The van der Waals surface area contributed by atoms with Crippen LogP contribution in [0.4, 0.5) is 0 Å². The fraction of sp³-hybridized carbons (Fsp3) is 0.0182. The average molecular weight is 723 g/mol. The van der Waals surface area contributed by atoms with E-state index in [1.165, 1.54) is 111 Å². The minimum Gasteiger partial charge on any atom is -0.309 e. The van der Waals surface area contributed by atoms with Gasteiger partial charge >= 0.3 is 0 Å². The first-order chi connectivity index (χ1) is 28.3. The number of fused-ring (bicyclic) bond motifs is 17. The molecule has 11 aromatic rings. The molecule has 2 heterocycles. The van der Waals surface area contributed by atoms with Gasteiger partial charge in [0.15, 0.2) is 0 Å². The maximum absolute atomic E-state index is 2.54. The van der Waals surface area contributed by atoms with E-state index < -0.39 is 5.41 Å². The average Bonchev–Trinajstić information content (AvgIpc) is 3.98. The van der Waals surface area contributed by atoms with Crippen molar-refractivity contribution in [1.82, 2.24) is 9.13 Å². The monoisotopic (exact) mass is 722 g/mol. The highest BCUT2D eigenvalue weighted by Gasteiger charge is 2.53. The second-order valence-corrected chi connectivity index (χ2v) is 15.6. The van der Waals surface area contributed by atoms with Crippen LogP contribution in [0.25, 0.3) is 88.4 Å². The van der Waals surface area contributed by atoms with Crippen LogP contribution in [-0.4, -0.2) is 9.13 Å². The summed E-state index contributed by atoms with van der Waals surface area (Å²) < 4.78 is 4.93. The first kappa shape index (κ1) is 30.9. The van der Waals surface area contributed by atoms with Crippen LogP contribution < -0.4 is 0 Å². The van der Waals surface area contributed by atoms with E-state index in [1.807, 2.05) is 0 Å². The number of para-hydroxylation sites is 3. The largest absolute Gasteiger partial charge is 0.309 e. The zero-order valence-corrected chi connectivity index (χ0v) is 31.0. The Bertz CT molecular complexity index is 3390. The molecule has 0 bridgehead atoms. The number of nitrogens with zero attached hydrogens (tertiary/aromatic N) is 2. The summed E-state index contributed by atoms with van der Waals surface area (Å²) >= 11 is 0. The molecule has 0 amide bonds. The Morgan fingerprint density at radius 1 is 0.298 bits per heavy atom. The molecule has 0 N–H and O–H groups in total. The van der Waals surface area contributed by atoms with E-state index >= 15 is 0 Å². The van der Waals surface area contributed by atoms with Crippen molar-refractivity contribution in [2.75, 3.05) is 0 Å². The Balaban J connectivity index is 1.12. The number of benzene rings is 9. The summed E-state index contributed by atoms with van der Waals surface area (Å²) in [6.45, 7) is 0. The zero-order valence-electron chi connectivity index (χ0n) is 31.0. The first-order valence-corrected chi connectivity index (χ1v) is 19.9. The Morgan fingerprint density at radius 2 is 0.754 bits per heavy atom. The Kier molecular flexibility index (Phi) is 6.13. The highest BCUT2D eigenvalue weighted by molar-refractivity contribution is 6.16. The molecule has 0 radical (unpaired) electrons. The lowest BCUT2D eigenvalue weighted by Crippen LogP contribution is -2.26. The molecule has 2 nitrogen and oxygen atoms in total. The van der Waals surface area contributed by atoms with Crippen molar-refractivity contribution in [3.05, 3.63) is 229 Å². The van der Waals surface area contributed by atoms with Gasteiger partial charge in [0, 0.05) is 38.5 Å². The molecule has 0 aliphatic heterocycles. The smallest absolute Gasteiger partial charge is 0.0746 e. The molecule has 57 heavy (non-hydrogen) atoms. The van der Waals surface area contributed by atoms with Gasteiger partial charge in [-0.2, -0.15) is 0 Å². The molecule has 9 aromatic carbocycles. The molecule has 0 atom stereocenters. The number of hydrogen-bond acceptors (Lipinski definition) is 0. The molecule has 2 aromatic heterocycles. The summed E-state index contributed by atoms with van der Waals surface area (Å²) in [5.74, 6) is 0. The highest BCUT2D eigenvalue weighted by Crippen LogP contribution is 2.64. The second kappa shape index (κ2) is 11.3. The lowest BCUT2D eigenvalue weighted by atomic mass is 9.70. The Morgan fingerprint density at radius 3 is 1.37 bits per heavy atom. The third-order valence-corrected chi connectivity index (χ3v) is 12.9. The normalized spacial score (nSPS) is 13.4. The Hall–Kier alpha value is -7.42. The summed E-state index contributed by atoms with van der Waals surface area (Å²) in [4.78, 5) is 0. The predicted octanol–water partition coefficient (Wildman–Crippen LogP) is 13.9. The molecule has 2 heteroatoms.